The summed E-state index contributed by atoms with van der Waals surface area (Å²) in [5.41, 5.74) is 6.15. The van der Waals surface area contributed by atoms with Crippen molar-refractivity contribution in [3.63, 3.8) is 0 Å². The van der Waals surface area contributed by atoms with Crippen LogP contribution in [0.1, 0.15) is 5.69 Å². The molecule has 0 amide bonds. The molecule has 1 aromatic heterocycles. The van der Waals surface area contributed by atoms with E-state index in [1.165, 1.54) is 6.07 Å². The molecule has 1 aliphatic rings. The number of likely N-dealkylation sites (N-methyl/N-ethyl adjacent to an activating group) is 1. The second-order valence-corrected chi connectivity index (χ2v) is 4.39. The third kappa shape index (κ3) is 3.04. The van der Waals surface area contributed by atoms with E-state index in [0.29, 0.717) is 18.9 Å². The van der Waals surface area contributed by atoms with Crippen LogP contribution in [0.4, 0.5) is 5.95 Å². The Hall–Kier alpha value is -1.40. The van der Waals surface area contributed by atoms with Crippen molar-refractivity contribution in [3.8, 4) is 0 Å². The highest BCUT2D eigenvalue weighted by Crippen LogP contribution is 2.09. The molecule has 94 valence electrons. The van der Waals surface area contributed by atoms with Crippen LogP contribution in [0.15, 0.2) is 10.9 Å². The van der Waals surface area contributed by atoms with E-state index >= 15 is 0 Å². The Balaban J connectivity index is 2.17. The Kier molecular flexibility index (Phi) is 3.75. The minimum absolute atomic E-state index is 0.0996. The number of aromatic amines is 1. The minimum Gasteiger partial charge on any atom is -0.340 e. The van der Waals surface area contributed by atoms with Crippen molar-refractivity contribution in [1.82, 2.24) is 14.9 Å². The third-order valence-electron chi connectivity index (χ3n) is 2.99. The fraction of sp³-hybridized carbons (Fsp3) is 0.636. The quantitative estimate of drug-likeness (QED) is 0.706. The normalized spacial score (nSPS) is 17.4. The van der Waals surface area contributed by atoms with Gasteiger partial charge in [-0.3, -0.25) is 9.78 Å². The first kappa shape index (κ1) is 12.1. The van der Waals surface area contributed by atoms with E-state index in [9.17, 15) is 4.79 Å². The fourth-order valence-corrected chi connectivity index (χ4v) is 1.94. The molecule has 0 aromatic carbocycles. The number of nitrogens with one attached hydrogen (secondary N) is 1. The molecule has 6 nitrogen and oxygen atoms in total. The number of anilines is 1. The van der Waals surface area contributed by atoms with Gasteiger partial charge in [-0.15, -0.1) is 0 Å². The van der Waals surface area contributed by atoms with E-state index in [1.54, 1.807) is 0 Å². The predicted octanol–water partition coefficient (Wildman–Crippen LogP) is -0.977. The highest BCUT2D eigenvalue weighted by molar-refractivity contribution is 5.31. The lowest BCUT2D eigenvalue weighted by Crippen LogP contribution is -2.45. The molecule has 2 rings (SSSR count). The molecule has 6 heteroatoms. The number of nitrogens with zero attached hydrogens (tertiary/aromatic N) is 3. The van der Waals surface area contributed by atoms with E-state index in [1.807, 2.05) is 0 Å². The average molecular weight is 237 g/mol. The molecule has 17 heavy (non-hydrogen) atoms. The zero-order valence-electron chi connectivity index (χ0n) is 10.1. The summed E-state index contributed by atoms with van der Waals surface area (Å²) in [6, 6.07) is 1.52. The summed E-state index contributed by atoms with van der Waals surface area (Å²) in [4.78, 5) is 23.1. The maximum Gasteiger partial charge on any atom is 0.252 e. The topological polar surface area (TPSA) is 78.2 Å². The molecule has 1 aromatic rings. The Morgan fingerprint density at radius 1 is 1.41 bits per heavy atom. The third-order valence-corrected chi connectivity index (χ3v) is 2.99. The molecule has 0 saturated carbocycles. The van der Waals surface area contributed by atoms with Crippen molar-refractivity contribution < 1.29 is 0 Å². The van der Waals surface area contributed by atoms with Gasteiger partial charge in [0.05, 0.1) is 5.69 Å². The van der Waals surface area contributed by atoms with Gasteiger partial charge in [-0.1, -0.05) is 0 Å². The average Bonchev–Trinajstić information content (AvgIpc) is 2.29. The van der Waals surface area contributed by atoms with Gasteiger partial charge in [-0.2, -0.15) is 0 Å². The van der Waals surface area contributed by atoms with Crippen LogP contribution in [0.3, 0.4) is 0 Å². The van der Waals surface area contributed by atoms with Gasteiger partial charge in [0.25, 0.3) is 5.56 Å². The van der Waals surface area contributed by atoms with Crippen LogP contribution in [-0.2, 0) is 6.42 Å². The lowest BCUT2D eigenvalue weighted by atomic mass is 10.3. The van der Waals surface area contributed by atoms with Gasteiger partial charge in [0.2, 0.25) is 5.95 Å². The molecule has 0 atom stereocenters. The number of hydrogen-bond acceptors (Lipinski definition) is 5. The number of hydrogen-bond donors (Lipinski definition) is 2. The molecule has 3 N–H and O–H groups in total. The molecule has 0 unspecified atom stereocenters. The summed E-state index contributed by atoms with van der Waals surface area (Å²) < 4.78 is 0. The summed E-state index contributed by atoms with van der Waals surface area (Å²) in [5.74, 6) is 0.675. The van der Waals surface area contributed by atoms with Crippen molar-refractivity contribution in [2.45, 2.75) is 6.42 Å². The Morgan fingerprint density at radius 2 is 2.12 bits per heavy atom. The predicted molar refractivity (Wildman–Crippen MR) is 67.3 cm³/mol. The molecule has 0 bridgehead atoms. The summed E-state index contributed by atoms with van der Waals surface area (Å²) >= 11 is 0. The Bertz CT molecular complexity index is 422. The number of piperazine rings is 1. The minimum atomic E-state index is -0.0996. The Labute approximate surface area is 100 Å². The molecule has 0 spiro atoms. The van der Waals surface area contributed by atoms with Crippen LogP contribution in [0.25, 0.3) is 0 Å². The van der Waals surface area contributed by atoms with Crippen LogP contribution >= 0.6 is 0 Å². The van der Waals surface area contributed by atoms with Crippen LogP contribution in [0.2, 0.25) is 0 Å². The lowest BCUT2D eigenvalue weighted by molar-refractivity contribution is 0.311. The number of rotatable bonds is 3. The Morgan fingerprint density at radius 3 is 2.76 bits per heavy atom. The van der Waals surface area contributed by atoms with Crippen LogP contribution in [0, 0.1) is 0 Å². The van der Waals surface area contributed by atoms with Crippen LogP contribution < -0.4 is 16.2 Å². The smallest absolute Gasteiger partial charge is 0.252 e. The van der Waals surface area contributed by atoms with Gasteiger partial charge in [0.15, 0.2) is 0 Å². The summed E-state index contributed by atoms with van der Waals surface area (Å²) in [6.45, 7) is 4.28. The standard InChI is InChI=1S/C11H19N5O/c1-15-4-6-16(7-5-15)11-13-9(2-3-12)8-10(17)14-11/h8H,2-7,12H2,1H3,(H,13,14,17). The van der Waals surface area contributed by atoms with Crippen molar-refractivity contribution in [1.29, 1.82) is 0 Å². The van der Waals surface area contributed by atoms with Gasteiger partial charge in [-0.25, -0.2) is 4.98 Å². The van der Waals surface area contributed by atoms with Crippen molar-refractivity contribution in [2.75, 3.05) is 44.7 Å². The maximum absolute atomic E-state index is 11.5. The molecule has 1 fully saturated rings. The zero-order chi connectivity index (χ0) is 12.3. The van der Waals surface area contributed by atoms with E-state index in [4.69, 9.17) is 5.73 Å². The molecular formula is C11H19N5O. The van der Waals surface area contributed by atoms with Crippen LogP contribution in [-0.4, -0.2) is 54.6 Å². The van der Waals surface area contributed by atoms with Gasteiger partial charge in [0.1, 0.15) is 0 Å². The van der Waals surface area contributed by atoms with Crippen molar-refractivity contribution in [2.24, 2.45) is 5.73 Å². The number of nitrogens with two attached hydrogens (primary N) is 1. The summed E-state index contributed by atoms with van der Waals surface area (Å²) in [6.07, 6.45) is 0.644. The molecule has 0 aliphatic carbocycles. The van der Waals surface area contributed by atoms with Gasteiger partial charge < -0.3 is 15.5 Å². The SMILES string of the molecule is CN1CCN(c2nc(CCN)cc(=O)[nH]2)CC1. The lowest BCUT2D eigenvalue weighted by Gasteiger charge is -2.32. The molecular weight excluding hydrogens is 218 g/mol. The number of H-pyrrole nitrogens is 1. The second-order valence-electron chi connectivity index (χ2n) is 4.39. The monoisotopic (exact) mass is 237 g/mol. The van der Waals surface area contributed by atoms with E-state index in [0.717, 1.165) is 31.9 Å². The van der Waals surface area contributed by atoms with Gasteiger partial charge >= 0.3 is 0 Å². The highest BCUT2D eigenvalue weighted by atomic mass is 16.1. The fourth-order valence-electron chi connectivity index (χ4n) is 1.94. The molecule has 0 radical (unpaired) electrons. The molecule has 1 saturated heterocycles. The first-order valence-electron chi connectivity index (χ1n) is 5.93. The second kappa shape index (κ2) is 5.29. The number of aromatic nitrogens is 2. The van der Waals surface area contributed by atoms with Gasteiger partial charge in [0, 0.05) is 38.7 Å². The van der Waals surface area contributed by atoms with E-state index in [-0.39, 0.29) is 5.56 Å². The van der Waals surface area contributed by atoms with Crippen LogP contribution in [0.5, 0.6) is 0 Å². The van der Waals surface area contributed by atoms with Crippen molar-refractivity contribution in [3.05, 3.63) is 22.1 Å². The van der Waals surface area contributed by atoms with E-state index < -0.39 is 0 Å². The highest BCUT2D eigenvalue weighted by Gasteiger charge is 2.16. The van der Waals surface area contributed by atoms with Gasteiger partial charge in [-0.05, 0) is 13.6 Å². The summed E-state index contributed by atoms with van der Waals surface area (Å²) in [5, 5.41) is 0. The van der Waals surface area contributed by atoms with E-state index in [2.05, 4.69) is 26.8 Å². The molecule has 1 aliphatic heterocycles. The largest absolute Gasteiger partial charge is 0.340 e. The maximum atomic E-state index is 11.5. The first-order chi connectivity index (χ1) is 8.19. The first-order valence-corrected chi connectivity index (χ1v) is 5.93. The summed E-state index contributed by atoms with van der Waals surface area (Å²) in [7, 11) is 2.10. The van der Waals surface area contributed by atoms with Crippen molar-refractivity contribution >= 4 is 5.95 Å². The zero-order valence-corrected chi connectivity index (χ0v) is 10.1. The molecule has 2 heterocycles.